The molecule has 2 aromatic heterocycles. The molecule has 30 heavy (non-hydrogen) atoms. The molecule has 0 spiro atoms. The van der Waals surface area contributed by atoms with Gasteiger partial charge in [0.25, 0.3) is 5.91 Å². The minimum absolute atomic E-state index is 0.128. The van der Waals surface area contributed by atoms with Crippen molar-refractivity contribution in [2.24, 2.45) is 7.05 Å². The van der Waals surface area contributed by atoms with Gasteiger partial charge in [-0.05, 0) is 43.3 Å². The molecule has 1 amide bonds. The first-order chi connectivity index (χ1) is 14.5. The summed E-state index contributed by atoms with van der Waals surface area (Å²) < 4.78 is 21.0. The van der Waals surface area contributed by atoms with E-state index in [0.717, 1.165) is 11.3 Å². The highest BCUT2D eigenvalue weighted by Gasteiger charge is 2.14. The number of anilines is 1. The molecule has 0 radical (unpaired) electrons. The zero-order chi connectivity index (χ0) is 21.1. The van der Waals surface area contributed by atoms with Crippen LogP contribution >= 0.6 is 0 Å². The van der Waals surface area contributed by atoms with Gasteiger partial charge in [-0.2, -0.15) is 10.2 Å². The Morgan fingerprint density at radius 3 is 2.67 bits per heavy atom. The summed E-state index contributed by atoms with van der Waals surface area (Å²) in [5.74, 6) is -0.0377. The monoisotopic (exact) mass is 405 g/mol. The van der Waals surface area contributed by atoms with E-state index in [9.17, 15) is 9.18 Å². The number of aromatic amines is 1. The Bertz CT molecular complexity index is 1180. The molecule has 0 atom stereocenters. The molecule has 0 saturated carbocycles. The average molecular weight is 405 g/mol. The SMILES string of the molecule is Cc1nn(C)cc1-c1cc(C(=O)Nc2ccc(OCc3ccccc3F)cc2)[nH]n1. The van der Waals surface area contributed by atoms with E-state index in [1.54, 1.807) is 53.2 Å². The summed E-state index contributed by atoms with van der Waals surface area (Å²) >= 11 is 0. The number of nitrogens with one attached hydrogen (secondary N) is 2. The minimum atomic E-state index is -0.310. The molecule has 4 rings (SSSR count). The molecule has 0 saturated heterocycles. The molecule has 0 fully saturated rings. The third-order valence-electron chi connectivity index (χ3n) is 4.58. The van der Waals surface area contributed by atoms with Crippen molar-refractivity contribution in [1.82, 2.24) is 20.0 Å². The van der Waals surface area contributed by atoms with Crippen LogP contribution in [0.25, 0.3) is 11.3 Å². The zero-order valence-electron chi connectivity index (χ0n) is 16.5. The molecule has 0 bridgehead atoms. The molecule has 8 heteroatoms. The molecule has 7 nitrogen and oxygen atoms in total. The lowest BCUT2D eigenvalue weighted by molar-refractivity contribution is 0.102. The second-order valence-electron chi connectivity index (χ2n) is 6.83. The Kier molecular flexibility index (Phi) is 5.30. The average Bonchev–Trinajstić information content (AvgIpc) is 3.34. The van der Waals surface area contributed by atoms with Crippen LogP contribution in [0.15, 0.2) is 60.8 Å². The van der Waals surface area contributed by atoms with Crippen molar-refractivity contribution in [1.29, 1.82) is 0 Å². The minimum Gasteiger partial charge on any atom is -0.489 e. The van der Waals surface area contributed by atoms with E-state index in [-0.39, 0.29) is 18.3 Å². The van der Waals surface area contributed by atoms with Gasteiger partial charge in [0.1, 0.15) is 23.9 Å². The van der Waals surface area contributed by atoms with Crippen LogP contribution in [0, 0.1) is 12.7 Å². The van der Waals surface area contributed by atoms with Gasteiger partial charge in [-0.25, -0.2) is 4.39 Å². The number of nitrogens with zero attached hydrogens (tertiary/aromatic N) is 3. The first kappa shape index (κ1) is 19.4. The lowest BCUT2D eigenvalue weighted by atomic mass is 10.2. The van der Waals surface area contributed by atoms with E-state index < -0.39 is 0 Å². The quantitative estimate of drug-likeness (QED) is 0.506. The number of aromatic nitrogens is 4. The lowest BCUT2D eigenvalue weighted by Gasteiger charge is -2.08. The van der Waals surface area contributed by atoms with Crippen molar-refractivity contribution in [2.75, 3.05) is 5.32 Å². The van der Waals surface area contributed by atoms with E-state index in [4.69, 9.17) is 4.74 Å². The highest BCUT2D eigenvalue weighted by molar-refractivity contribution is 6.03. The number of benzene rings is 2. The topological polar surface area (TPSA) is 84.8 Å². The summed E-state index contributed by atoms with van der Waals surface area (Å²) in [5.41, 5.74) is 3.78. The second kappa shape index (κ2) is 8.20. The van der Waals surface area contributed by atoms with Gasteiger partial charge in [-0.15, -0.1) is 0 Å². The predicted molar refractivity (Wildman–Crippen MR) is 111 cm³/mol. The maximum Gasteiger partial charge on any atom is 0.273 e. The third-order valence-corrected chi connectivity index (χ3v) is 4.58. The number of hydrogen-bond acceptors (Lipinski definition) is 4. The first-order valence-corrected chi connectivity index (χ1v) is 9.33. The number of carbonyl (C=O) groups is 1. The fraction of sp³-hybridized carbons (Fsp3) is 0.136. The molecule has 2 aromatic carbocycles. The molecule has 0 aliphatic heterocycles. The number of amides is 1. The Balaban J connectivity index is 1.38. The summed E-state index contributed by atoms with van der Waals surface area (Å²) in [6.45, 7) is 2.02. The van der Waals surface area contributed by atoms with Crippen molar-refractivity contribution in [3.05, 3.63) is 83.6 Å². The normalized spacial score (nSPS) is 10.8. The van der Waals surface area contributed by atoms with Crippen LogP contribution in [0.1, 0.15) is 21.7 Å². The molecular formula is C22H20FN5O2. The first-order valence-electron chi connectivity index (χ1n) is 9.33. The van der Waals surface area contributed by atoms with Crippen LogP contribution < -0.4 is 10.1 Å². The number of H-pyrrole nitrogens is 1. The molecule has 0 aliphatic rings. The Morgan fingerprint density at radius 2 is 1.97 bits per heavy atom. The Labute approximate surface area is 172 Å². The largest absolute Gasteiger partial charge is 0.489 e. The number of carbonyl (C=O) groups excluding carboxylic acids is 1. The number of hydrogen-bond donors (Lipinski definition) is 2. The van der Waals surface area contributed by atoms with Gasteiger partial charge in [-0.3, -0.25) is 14.6 Å². The maximum atomic E-state index is 13.7. The van der Waals surface area contributed by atoms with Crippen LogP contribution in [0.5, 0.6) is 5.75 Å². The molecule has 0 unspecified atom stereocenters. The fourth-order valence-corrected chi connectivity index (χ4v) is 3.04. The van der Waals surface area contributed by atoms with Gasteiger partial charge < -0.3 is 10.1 Å². The van der Waals surface area contributed by atoms with Crippen molar-refractivity contribution in [2.45, 2.75) is 13.5 Å². The van der Waals surface area contributed by atoms with E-state index in [1.807, 2.05) is 20.2 Å². The fourth-order valence-electron chi connectivity index (χ4n) is 3.04. The summed E-state index contributed by atoms with van der Waals surface area (Å²) in [4.78, 5) is 12.5. The standard InChI is InChI=1S/C22H20FN5O2/c1-14-18(12-28(2)27-14)20-11-21(26-25-20)22(29)24-16-7-9-17(10-8-16)30-13-15-5-3-4-6-19(15)23/h3-12H,13H2,1-2H3,(H,24,29)(H,25,26). The van der Waals surface area contributed by atoms with Gasteiger partial charge in [0, 0.05) is 30.1 Å². The molecule has 152 valence electrons. The Hall–Kier alpha value is -3.94. The van der Waals surface area contributed by atoms with E-state index in [0.29, 0.717) is 28.4 Å². The molecule has 2 heterocycles. The summed E-state index contributed by atoms with van der Waals surface area (Å²) in [5, 5.41) is 14.1. The number of ether oxygens (including phenoxy) is 1. The van der Waals surface area contributed by atoms with Crippen molar-refractivity contribution in [3.63, 3.8) is 0 Å². The van der Waals surface area contributed by atoms with Gasteiger partial charge in [0.2, 0.25) is 0 Å². The summed E-state index contributed by atoms with van der Waals surface area (Å²) in [7, 11) is 1.83. The van der Waals surface area contributed by atoms with Crippen LogP contribution in [-0.2, 0) is 13.7 Å². The summed E-state index contributed by atoms with van der Waals surface area (Å²) in [6, 6.07) is 15.0. The maximum absolute atomic E-state index is 13.7. The van der Waals surface area contributed by atoms with Gasteiger partial charge in [0.15, 0.2) is 0 Å². The molecule has 4 aromatic rings. The van der Waals surface area contributed by atoms with Crippen LogP contribution in [0.2, 0.25) is 0 Å². The summed E-state index contributed by atoms with van der Waals surface area (Å²) in [6.07, 6.45) is 1.85. The van der Waals surface area contributed by atoms with Crippen molar-refractivity contribution < 1.29 is 13.9 Å². The molecule has 0 aliphatic carbocycles. The Morgan fingerprint density at radius 1 is 1.20 bits per heavy atom. The lowest BCUT2D eigenvalue weighted by Crippen LogP contribution is -2.12. The van der Waals surface area contributed by atoms with E-state index in [1.165, 1.54) is 6.07 Å². The van der Waals surface area contributed by atoms with Gasteiger partial charge in [0.05, 0.1) is 11.4 Å². The van der Waals surface area contributed by atoms with Crippen LogP contribution in [0.4, 0.5) is 10.1 Å². The number of halogens is 1. The zero-order valence-corrected chi connectivity index (χ0v) is 16.5. The third kappa shape index (κ3) is 4.22. The van der Waals surface area contributed by atoms with E-state index >= 15 is 0 Å². The number of rotatable bonds is 6. The van der Waals surface area contributed by atoms with E-state index in [2.05, 4.69) is 20.6 Å². The van der Waals surface area contributed by atoms with Gasteiger partial charge in [-0.1, -0.05) is 18.2 Å². The highest BCUT2D eigenvalue weighted by Crippen LogP contribution is 2.22. The predicted octanol–water partition coefficient (Wildman–Crippen LogP) is 4.09. The van der Waals surface area contributed by atoms with Crippen LogP contribution in [-0.4, -0.2) is 25.9 Å². The highest BCUT2D eigenvalue weighted by atomic mass is 19.1. The van der Waals surface area contributed by atoms with Gasteiger partial charge >= 0.3 is 0 Å². The molecule has 2 N–H and O–H groups in total. The van der Waals surface area contributed by atoms with Crippen molar-refractivity contribution in [3.8, 4) is 17.0 Å². The smallest absolute Gasteiger partial charge is 0.273 e. The second-order valence-corrected chi connectivity index (χ2v) is 6.83. The van der Waals surface area contributed by atoms with Crippen molar-refractivity contribution >= 4 is 11.6 Å². The van der Waals surface area contributed by atoms with Crippen LogP contribution in [0.3, 0.4) is 0 Å². The number of aryl methyl sites for hydroxylation is 2. The molecular weight excluding hydrogens is 385 g/mol.